The van der Waals surface area contributed by atoms with Crippen molar-refractivity contribution in [2.75, 3.05) is 13.2 Å². The van der Waals surface area contributed by atoms with Crippen molar-refractivity contribution in [2.45, 2.75) is 44.9 Å². The molecule has 0 atom stereocenters. The molecule has 0 aliphatic carbocycles. The molecule has 0 aromatic heterocycles. The van der Waals surface area contributed by atoms with Crippen LogP contribution >= 0.6 is 0 Å². The summed E-state index contributed by atoms with van der Waals surface area (Å²) in [5.74, 6) is -0.297. The second-order valence-electron chi connectivity index (χ2n) is 4.87. The third kappa shape index (κ3) is 4.23. The minimum absolute atomic E-state index is 0.149. The Balaban J connectivity index is 1.55. The van der Waals surface area contributed by atoms with Crippen LogP contribution in [-0.2, 0) is 19.1 Å². The number of cyclic esters (lactones) is 2. The summed E-state index contributed by atoms with van der Waals surface area (Å²) < 4.78 is 9.74. The van der Waals surface area contributed by atoms with Gasteiger partial charge in [-0.05, 0) is 25.7 Å². The predicted octanol–water partition coefficient (Wildman–Crippen LogP) is 2.68. The molecule has 2 aliphatic heterocycles. The summed E-state index contributed by atoms with van der Waals surface area (Å²) in [5, 5.41) is 0. The van der Waals surface area contributed by atoms with Crippen LogP contribution in [0.4, 0.5) is 0 Å². The Bertz CT molecular complexity index is 368. The van der Waals surface area contributed by atoms with E-state index in [2.05, 4.69) is 0 Å². The predicted molar refractivity (Wildman–Crippen MR) is 70.4 cm³/mol. The summed E-state index contributed by atoms with van der Waals surface area (Å²) >= 11 is 0. The van der Waals surface area contributed by atoms with E-state index in [9.17, 15) is 9.59 Å². The minimum Gasteiger partial charge on any atom is -0.462 e. The Morgan fingerprint density at radius 2 is 1.26 bits per heavy atom. The van der Waals surface area contributed by atoms with Gasteiger partial charge in [-0.15, -0.1) is 0 Å². The lowest BCUT2D eigenvalue weighted by molar-refractivity contribution is -0.135. The van der Waals surface area contributed by atoms with Crippen LogP contribution in [-0.4, -0.2) is 25.2 Å². The SMILES string of the molecule is O=C1OCCC1=CCCCCC/C=C1/CCOC1=O. The topological polar surface area (TPSA) is 52.6 Å². The van der Waals surface area contributed by atoms with E-state index in [1.54, 1.807) is 0 Å². The summed E-state index contributed by atoms with van der Waals surface area (Å²) in [4.78, 5) is 22.4. The number of allylic oxidation sites excluding steroid dienone is 2. The first kappa shape index (κ1) is 13.8. The van der Waals surface area contributed by atoms with Crippen molar-refractivity contribution >= 4 is 11.9 Å². The highest BCUT2D eigenvalue weighted by Crippen LogP contribution is 2.17. The van der Waals surface area contributed by atoms with E-state index in [4.69, 9.17) is 9.47 Å². The minimum atomic E-state index is -0.149. The van der Waals surface area contributed by atoms with Crippen LogP contribution in [0.5, 0.6) is 0 Å². The van der Waals surface area contributed by atoms with Crippen molar-refractivity contribution in [1.29, 1.82) is 0 Å². The first-order chi connectivity index (χ1) is 9.27. The number of hydrogen-bond acceptors (Lipinski definition) is 4. The van der Waals surface area contributed by atoms with Crippen LogP contribution < -0.4 is 0 Å². The zero-order valence-corrected chi connectivity index (χ0v) is 11.2. The molecule has 4 heteroatoms. The molecule has 2 fully saturated rings. The molecule has 0 aromatic rings. The third-order valence-electron chi connectivity index (χ3n) is 3.42. The molecule has 0 spiro atoms. The maximum atomic E-state index is 11.2. The van der Waals surface area contributed by atoms with Crippen LogP contribution in [0.25, 0.3) is 0 Å². The van der Waals surface area contributed by atoms with Gasteiger partial charge in [-0.25, -0.2) is 9.59 Å². The van der Waals surface area contributed by atoms with Gasteiger partial charge in [-0.3, -0.25) is 0 Å². The lowest BCUT2D eigenvalue weighted by Crippen LogP contribution is -1.94. The van der Waals surface area contributed by atoms with Crippen molar-refractivity contribution in [3.63, 3.8) is 0 Å². The van der Waals surface area contributed by atoms with Crippen LogP contribution in [0.1, 0.15) is 44.9 Å². The molecule has 0 unspecified atom stereocenters. The summed E-state index contributed by atoms with van der Waals surface area (Å²) in [6.45, 7) is 1.07. The number of esters is 2. The van der Waals surface area contributed by atoms with Crippen LogP contribution in [0.2, 0.25) is 0 Å². The van der Waals surface area contributed by atoms with Gasteiger partial charge in [0.2, 0.25) is 0 Å². The molecule has 2 rings (SSSR count). The fraction of sp³-hybridized carbons (Fsp3) is 0.600. The van der Waals surface area contributed by atoms with Gasteiger partial charge >= 0.3 is 11.9 Å². The van der Waals surface area contributed by atoms with Crippen molar-refractivity contribution in [2.24, 2.45) is 0 Å². The van der Waals surface area contributed by atoms with Crippen molar-refractivity contribution in [1.82, 2.24) is 0 Å². The van der Waals surface area contributed by atoms with Gasteiger partial charge < -0.3 is 9.47 Å². The van der Waals surface area contributed by atoms with E-state index >= 15 is 0 Å². The van der Waals surface area contributed by atoms with Crippen molar-refractivity contribution in [3.8, 4) is 0 Å². The van der Waals surface area contributed by atoms with Crippen LogP contribution in [0.15, 0.2) is 23.3 Å². The Morgan fingerprint density at radius 1 is 0.789 bits per heavy atom. The largest absolute Gasteiger partial charge is 0.462 e. The number of unbranched alkanes of at least 4 members (excludes halogenated alkanes) is 4. The average Bonchev–Trinajstić information content (AvgIpc) is 2.98. The maximum Gasteiger partial charge on any atom is 0.333 e. The lowest BCUT2D eigenvalue weighted by Gasteiger charge is -1.97. The summed E-state index contributed by atoms with van der Waals surface area (Å²) in [6, 6.07) is 0. The molecule has 0 radical (unpaired) electrons. The molecule has 2 aliphatic rings. The molecule has 2 heterocycles. The standard InChI is InChI=1S/C15H20O4/c16-14-12(8-10-18-14)6-4-2-1-3-5-7-13-9-11-19-15(13)17/h6-7H,1-5,8-11H2/b12-6-,13-7?. The van der Waals surface area contributed by atoms with Gasteiger partial charge in [0.05, 0.1) is 13.2 Å². The van der Waals surface area contributed by atoms with Crippen molar-refractivity contribution < 1.29 is 19.1 Å². The molecule has 0 amide bonds. The smallest absolute Gasteiger partial charge is 0.333 e. The van der Waals surface area contributed by atoms with Gasteiger partial charge in [0.25, 0.3) is 0 Å². The number of hydrogen-bond donors (Lipinski definition) is 0. The summed E-state index contributed by atoms with van der Waals surface area (Å²) in [7, 11) is 0. The first-order valence-corrected chi connectivity index (χ1v) is 6.99. The quantitative estimate of drug-likeness (QED) is 0.420. The van der Waals surface area contributed by atoms with Crippen LogP contribution in [0, 0.1) is 0 Å². The molecule has 0 aromatic carbocycles. The van der Waals surface area contributed by atoms with Crippen LogP contribution in [0.3, 0.4) is 0 Å². The number of carbonyl (C=O) groups is 2. The molecular weight excluding hydrogens is 244 g/mol. The Kier molecular flexibility index (Phi) is 5.19. The molecule has 0 saturated carbocycles. The maximum absolute atomic E-state index is 11.2. The zero-order chi connectivity index (χ0) is 13.5. The molecule has 0 bridgehead atoms. The first-order valence-electron chi connectivity index (χ1n) is 6.99. The summed E-state index contributed by atoms with van der Waals surface area (Å²) in [6.07, 6.45) is 10.6. The number of rotatable bonds is 6. The van der Waals surface area contributed by atoms with E-state index in [0.29, 0.717) is 13.2 Å². The van der Waals surface area contributed by atoms with Gasteiger partial charge in [0.15, 0.2) is 0 Å². The van der Waals surface area contributed by atoms with E-state index in [0.717, 1.165) is 56.1 Å². The third-order valence-corrected chi connectivity index (χ3v) is 3.42. The molecule has 0 N–H and O–H groups in total. The lowest BCUT2D eigenvalue weighted by atomic mass is 10.1. The van der Waals surface area contributed by atoms with E-state index in [1.807, 2.05) is 12.2 Å². The van der Waals surface area contributed by atoms with E-state index in [-0.39, 0.29) is 11.9 Å². The van der Waals surface area contributed by atoms with Gasteiger partial charge in [0.1, 0.15) is 0 Å². The highest BCUT2D eigenvalue weighted by atomic mass is 16.5. The van der Waals surface area contributed by atoms with Gasteiger partial charge in [-0.1, -0.05) is 18.6 Å². The Labute approximate surface area is 113 Å². The fourth-order valence-electron chi connectivity index (χ4n) is 2.29. The summed E-state index contributed by atoms with van der Waals surface area (Å²) in [5.41, 5.74) is 1.66. The van der Waals surface area contributed by atoms with E-state index < -0.39 is 0 Å². The Morgan fingerprint density at radius 3 is 1.63 bits per heavy atom. The second kappa shape index (κ2) is 7.12. The normalized spacial score (nSPS) is 23.2. The Hall–Kier alpha value is -1.58. The number of ether oxygens (including phenoxy) is 2. The zero-order valence-electron chi connectivity index (χ0n) is 11.2. The average molecular weight is 264 g/mol. The molecule has 19 heavy (non-hydrogen) atoms. The highest BCUT2D eigenvalue weighted by molar-refractivity contribution is 5.90. The molecular formula is C15H20O4. The highest BCUT2D eigenvalue weighted by Gasteiger charge is 2.18. The number of carbonyl (C=O) groups excluding carboxylic acids is 2. The van der Waals surface area contributed by atoms with E-state index in [1.165, 1.54) is 0 Å². The second-order valence-corrected chi connectivity index (χ2v) is 4.87. The monoisotopic (exact) mass is 264 g/mol. The fourth-order valence-corrected chi connectivity index (χ4v) is 2.29. The van der Waals surface area contributed by atoms with Gasteiger partial charge in [-0.2, -0.15) is 0 Å². The molecule has 4 nitrogen and oxygen atoms in total. The molecule has 104 valence electrons. The molecule has 2 saturated heterocycles. The van der Waals surface area contributed by atoms with Gasteiger partial charge in [0, 0.05) is 24.0 Å². The van der Waals surface area contributed by atoms with Crippen molar-refractivity contribution in [3.05, 3.63) is 23.3 Å².